The van der Waals surface area contributed by atoms with Gasteiger partial charge in [-0.3, -0.25) is 57.5 Å². The van der Waals surface area contributed by atoms with Crippen molar-refractivity contribution in [3.8, 4) is 0 Å². The quantitative estimate of drug-likeness (QED) is 0.0181. The summed E-state index contributed by atoms with van der Waals surface area (Å²) in [4.78, 5) is 145. The third-order valence-corrected chi connectivity index (χ3v) is 24.7. The van der Waals surface area contributed by atoms with Crippen LogP contribution >= 0.6 is 0 Å². The van der Waals surface area contributed by atoms with E-state index >= 15 is 0 Å². The molecule has 5 saturated carbocycles. The first-order chi connectivity index (χ1) is 67.9. The number of carbonyl (C=O) groups excluding carboxylic acids is 12. The summed E-state index contributed by atoms with van der Waals surface area (Å²) in [6, 6.07) is 0. The van der Waals surface area contributed by atoms with E-state index in [1.54, 1.807) is 13.8 Å². The van der Waals surface area contributed by atoms with Crippen molar-refractivity contribution in [2.75, 3.05) is 0 Å². The number of esters is 12. The number of unbranched alkanes of at least 4 members (excludes halogenated alkanes) is 22. The normalized spacial score (nSPS) is 29.6. The number of carbonyl (C=O) groups is 12. The molecule has 143 heavy (non-hydrogen) atoms. The Hall–Kier alpha value is -7.08. The Bertz CT molecular complexity index is 3300. The van der Waals surface area contributed by atoms with Crippen molar-refractivity contribution < 1.29 is 206 Å². The molecule has 0 aliphatic heterocycles. The van der Waals surface area contributed by atoms with E-state index in [4.69, 9.17) is 61.6 Å². The number of rotatable bonds is 58. The molecule has 0 bridgehead atoms. The predicted octanol–water partition coefficient (Wildman–Crippen LogP) is 6.27. The molecule has 0 amide bonds. The maximum absolute atomic E-state index is 12.4. The Morgan fingerprint density at radius 3 is 0.392 bits per heavy atom. The predicted molar refractivity (Wildman–Crippen MR) is 512 cm³/mol. The van der Waals surface area contributed by atoms with Gasteiger partial charge in [0.1, 0.15) is 110 Å². The molecule has 0 saturated heterocycles. The summed E-state index contributed by atoms with van der Waals surface area (Å²) in [6.07, 6.45) is -20.0. The van der Waals surface area contributed by atoms with E-state index in [1.165, 1.54) is 0 Å². The Kier molecular flexibility index (Phi) is 70.8. The van der Waals surface area contributed by atoms with Gasteiger partial charge in [0, 0.05) is 77.6 Å². The van der Waals surface area contributed by atoms with Crippen LogP contribution in [0.2, 0.25) is 0 Å². The van der Waals surface area contributed by atoms with Gasteiger partial charge in [0.2, 0.25) is 0 Å². The smallest absolute Gasteiger partial charge is 0.306 e. The summed E-state index contributed by atoms with van der Waals surface area (Å²) in [5.41, 5.74) is 0. The van der Waals surface area contributed by atoms with Crippen LogP contribution in [0.3, 0.4) is 0 Å². The molecule has 5 rings (SSSR count). The maximum atomic E-state index is 12.4. The molecular formula is C101H178O42. The molecule has 5 aliphatic carbocycles. The largest absolute Gasteiger partial charge is 0.455 e. The average molecular weight is 2060 g/mol. The van der Waals surface area contributed by atoms with Gasteiger partial charge in [-0.2, -0.15) is 0 Å². The third kappa shape index (κ3) is 49.3. The van der Waals surface area contributed by atoms with Crippen molar-refractivity contribution in [1.82, 2.24) is 0 Å². The highest BCUT2D eigenvalue weighted by Gasteiger charge is 2.60. The lowest BCUT2D eigenvalue weighted by atomic mass is 9.84. The van der Waals surface area contributed by atoms with Crippen molar-refractivity contribution in [3.63, 3.8) is 0 Å². The summed E-state index contributed by atoms with van der Waals surface area (Å²) in [6.45, 7) is 26.4. The SMILES string of the molecule is CCCCCC(=O)OC1C(O)C(O)C(O)C(O)C1OC(=O)CCCCC.CCCCCC(=O)OC1C(O)C(O)C(O)C(O)C1OC(=O)CCCCC.CCCCCC(=O)OC1C(O)C(O)C(O)C(OC(=O)CCCCC)C1OC(=O)CCCCC.CCCCCC(=O)OC1C(O)C(O)C(O)C(OC(=O)CCCCC)C1OC(C)=O.CCCCCC(=O)OC1C(O)C(O)C(O)C(OC(C)C)C1OC(=O)CCCCC. The van der Waals surface area contributed by atoms with Crippen molar-refractivity contribution in [3.05, 3.63) is 0 Å². The molecule has 0 aromatic carbocycles. The Morgan fingerprint density at radius 2 is 0.266 bits per heavy atom. The van der Waals surface area contributed by atoms with E-state index in [0.717, 1.165) is 148 Å². The van der Waals surface area contributed by atoms with Crippen LogP contribution < -0.4 is 0 Å². The standard InChI is InChI=1S/C24H42O9.C21H38O8.C20H34O9.2C18H32O8/c1-4-7-10-13-16(25)31-22-20(29)19(28)21(30)23(32-17(26)14-11-8-5-2)24(22)33-18(27)15-12-9-6-3;1-5-7-9-11-14(22)28-20-18(26)16(24)17(25)19(27-13(3)4)21(20)29-15(23)12-10-8-6-2;1-4-6-8-10-13(22)28-18-16(25)15(24)17(26)19(20(18)27-12(3)21)29-14(23)11-9-7-5-2;2*1-3-5-7-9-11(19)25-17-15(23)13(21)14(22)16(24)18(17)26-12(20)10-8-6-4-2/h19-24,28-30H,4-15H2,1-3H3;13,16-21,24-26H,5-12H2,1-4H3;15-20,24-26H,4-11H2,1-3H3;2*13-18,21-24H,3-10H2,1-2H3. The first-order valence-corrected chi connectivity index (χ1v) is 52.4. The second kappa shape index (κ2) is 75.6. The summed E-state index contributed by atoms with van der Waals surface area (Å²) < 4.78 is 69.2. The number of aliphatic hydroxyl groups is 17. The van der Waals surface area contributed by atoms with Gasteiger partial charge in [0.05, 0.1) is 6.10 Å². The minimum Gasteiger partial charge on any atom is -0.455 e. The van der Waals surface area contributed by atoms with Crippen molar-refractivity contribution in [2.24, 2.45) is 0 Å². The highest BCUT2D eigenvalue weighted by Crippen LogP contribution is 2.36. The molecule has 26 unspecified atom stereocenters. The third-order valence-electron chi connectivity index (χ3n) is 24.7. The summed E-state index contributed by atoms with van der Waals surface area (Å²) in [7, 11) is 0. The molecule has 26 atom stereocenters. The zero-order valence-electron chi connectivity index (χ0n) is 86.8. The minimum absolute atomic E-state index is 0.0873. The molecule has 834 valence electrons. The van der Waals surface area contributed by atoms with E-state index in [1.807, 2.05) is 76.2 Å². The molecular weight excluding hydrogens is 1890 g/mol. The fourth-order valence-electron chi connectivity index (χ4n) is 16.2. The number of hydrogen-bond donors (Lipinski definition) is 17. The Morgan fingerprint density at radius 1 is 0.161 bits per heavy atom. The van der Waals surface area contributed by atoms with E-state index in [0.29, 0.717) is 70.6 Å². The van der Waals surface area contributed by atoms with Gasteiger partial charge in [-0.15, -0.1) is 0 Å². The van der Waals surface area contributed by atoms with Gasteiger partial charge in [-0.1, -0.05) is 217 Å². The van der Waals surface area contributed by atoms with Crippen LogP contribution in [0.25, 0.3) is 0 Å². The summed E-state index contributed by atoms with van der Waals surface area (Å²) in [5, 5.41) is 173. The molecule has 0 spiro atoms. The Balaban J connectivity index is 0.000000896. The van der Waals surface area contributed by atoms with Crippen molar-refractivity contribution in [1.29, 1.82) is 0 Å². The maximum Gasteiger partial charge on any atom is 0.306 e. The van der Waals surface area contributed by atoms with Crippen LogP contribution in [-0.4, -0.2) is 348 Å². The van der Waals surface area contributed by atoms with E-state index < -0.39 is 255 Å². The van der Waals surface area contributed by atoms with Crippen molar-refractivity contribution >= 4 is 71.6 Å². The lowest BCUT2D eigenvalue weighted by Gasteiger charge is -2.45. The van der Waals surface area contributed by atoms with Crippen LogP contribution in [0.15, 0.2) is 0 Å². The number of ether oxygens (including phenoxy) is 13. The Labute approximate surface area is 842 Å². The first kappa shape index (κ1) is 134. The van der Waals surface area contributed by atoms with Gasteiger partial charge >= 0.3 is 71.6 Å². The minimum atomic E-state index is -1.75. The molecule has 5 fully saturated rings. The average Bonchev–Trinajstić information content (AvgIpc) is 0.801. The van der Waals surface area contributed by atoms with Crippen LogP contribution in [0.5, 0.6) is 0 Å². The van der Waals surface area contributed by atoms with Gasteiger partial charge < -0.3 is 148 Å². The monoisotopic (exact) mass is 2060 g/mol. The molecule has 17 N–H and O–H groups in total. The zero-order chi connectivity index (χ0) is 108. The molecule has 5 aliphatic rings. The van der Waals surface area contributed by atoms with Crippen molar-refractivity contribution in [2.45, 2.75) is 569 Å². The fourth-order valence-corrected chi connectivity index (χ4v) is 16.2. The topological polar surface area (TPSA) is 669 Å². The molecule has 42 heteroatoms. The zero-order valence-corrected chi connectivity index (χ0v) is 86.8. The van der Waals surface area contributed by atoms with Crippen LogP contribution in [0.1, 0.15) is 379 Å². The second-order valence-electron chi connectivity index (χ2n) is 37.6. The highest BCUT2D eigenvalue weighted by molar-refractivity contribution is 5.75. The van der Waals surface area contributed by atoms with Crippen LogP contribution in [0, 0.1) is 0 Å². The highest BCUT2D eigenvalue weighted by atomic mass is 16.7. The van der Waals surface area contributed by atoms with Gasteiger partial charge in [0.25, 0.3) is 0 Å². The van der Waals surface area contributed by atoms with E-state index in [2.05, 4.69) is 0 Å². The van der Waals surface area contributed by atoms with Crippen LogP contribution in [0.4, 0.5) is 0 Å². The fraction of sp³-hybridized carbons (Fsp3) is 0.881. The van der Waals surface area contributed by atoms with E-state index in [-0.39, 0.29) is 76.7 Å². The van der Waals surface area contributed by atoms with Gasteiger partial charge in [-0.25, -0.2) is 0 Å². The molecule has 0 radical (unpaired) electrons. The lowest BCUT2D eigenvalue weighted by Crippen LogP contribution is -2.66. The first-order valence-electron chi connectivity index (χ1n) is 52.4. The molecule has 42 nitrogen and oxygen atoms in total. The van der Waals surface area contributed by atoms with Gasteiger partial charge in [-0.05, 0) is 84.5 Å². The summed E-state index contributed by atoms with van der Waals surface area (Å²) >= 11 is 0. The summed E-state index contributed by atoms with van der Waals surface area (Å²) in [5.74, 6) is -7.50. The van der Waals surface area contributed by atoms with E-state index in [9.17, 15) is 144 Å². The van der Waals surface area contributed by atoms with Crippen LogP contribution in [-0.2, 0) is 119 Å². The number of hydrogen-bond acceptors (Lipinski definition) is 42. The molecule has 0 heterocycles. The lowest BCUT2D eigenvalue weighted by molar-refractivity contribution is -0.255. The molecule has 0 aromatic rings. The second-order valence-corrected chi connectivity index (χ2v) is 37.6. The number of aliphatic hydroxyl groups excluding tert-OH is 17. The molecule has 0 aromatic heterocycles. The van der Waals surface area contributed by atoms with Gasteiger partial charge in [0.15, 0.2) is 73.2 Å².